The van der Waals surface area contributed by atoms with Gasteiger partial charge < -0.3 is 0 Å². The average Bonchev–Trinajstić information content (AvgIpc) is 1.85. The quantitative estimate of drug-likeness (QED) is 0.499. The van der Waals surface area contributed by atoms with Crippen molar-refractivity contribution in [3.05, 3.63) is 0 Å². The van der Waals surface area contributed by atoms with Crippen molar-refractivity contribution in [2.45, 2.75) is 24.7 Å². The Morgan fingerprint density at radius 1 is 0.727 bits per heavy atom. The third kappa shape index (κ3) is 1.18. The minimum atomic E-state index is -4.97. The van der Waals surface area contributed by atoms with E-state index in [1.807, 2.05) is 0 Å². The summed E-state index contributed by atoms with van der Waals surface area (Å²) < 4.78 is 70.4. The lowest BCUT2D eigenvalue weighted by atomic mass is 9.78. The molecule has 1 rings (SSSR count). The Bertz CT molecular complexity index is 142. The van der Waals surface area contributed by atoms with Crippen molar-refractivity contribution >= 4 is 0 Å². The molecule has 0 N–H and O–H groups in total. The van der Waals surface area contributed by atoms with Crippen molar-refractivity contribution < 1.29 is 26.3 Å². The Labute approximate surface area is 58.2 Å². The maximum absolute atomic E-state index is 12.0. The van der Waals surface area contributed by atoms with Crippen molar-refractivity contribution in [2.75, 3.05) is 0 Å². The molecule has 2 unspecified atom stereocenters. The fraction of sp³-hybridized carbons (Fsp3) is 1.00. The summed E-state index contributed by atoms with van der Waals surface area (Å²) in [6.45, 7) is 0. The molecule has 1 fully saturated rings. The molecule has 0 amide bonds. The number of hydrogen-bond acceptors (Lipinski definition) is 0. The van der Waals surface area contributed by atoms with Crippen LogP contribution in [0.2, 0.25) is 0 Å². The van der Waals surface area contributed by atoms with Crippen LogP contribution >= 0.6 is 0 Å². The molecule has 6 heteroatoms. The second-order valence-electron chi connectivity index (χ2n) is 2.40. The smallest absolute Gasteiger partial charge is 0.243 e. The van der Waals surface area contributed by atoms with Gasteiger partial charge in [-0.25, -0.2) is 13.2 Å². The van der Waals surface area contributed by atoms with E-state index in [9.17, 15) is 26.3 Å². The number of alkyl halides is 6. The zero-order valence-electron chi connectivity index (χ0n) is 5.08. The average molecular weight is 178 g/mol. The Morgan fingerprint density at radius 3 is 1.27 bits per heavy atom. The van der Waals surface area contributed by atoms with Crippen LogP contribution in [0.25, 0.3) is 0 Å². The number of hydrogen-bond donors (Lipinski definition) is 0. The van der Waals surface area contributed by atoms with Crippen LogP contribution in [0, 0.1) is 5.92 Å². The third-order valence-corrected chi connectivity index (χ3v) is 1.67. The summed E-state index contributed by atoms with van der Waals surface area (Å²) >= 11 is 0. The van der Waals surface area contributed by atoms with Gasteiger partial charge in [-0.3, -0.25) is 0 Å². The van der Waals surface area contributed by atoms with Gasteiger partial charge in [-0.2, -0.15) is 13.2 Å². The molecule has 0 aromatic carbocycles. The second kappa shape index (κ2) is 2.28. The first-order valence-electron chi connectivity index (χ1n) is 2.84. The minimum absolute atomic E-state index is 2.61. The molecule has 11 heavy (non-hydrogen) atoms. The molecule has 0 bridgehead atoms. The summed E-state index contributed by atoms with van der Waals surface area (Å²) in [6.07, 6.45) is -13.0. The Balaban J connectivity index is 2.63. The van der Waals surface area contributed by atoms with Gasteiger partial charge >= 0.3 is 6.18 Å². The minimum Gasteiger partial charge on any atom is -0.243 e. The summed E-state index contributed by atoms with van der Waals surface area (Å²) in [6, 6.07) is 0. The highest BCUT2D eigenvalue weighted by molar-refractivity contribution is 5.02. The molecule has 0 aromatic heterocycles. The summed E-state index contributed by atoms with van der Waals surface area (Å²) in [4.78, 5) is 0. The van der Waals surface area contributed by atoms with Gasteiger partial charge in [0, 0.05) is 0 Å². The summed E-state index contributed by atoms with van der Waals surface area (Å²) in [5, 5.41) is 0. The van der Waals surface area contributed by atoms with E-state index >= 15 is 0 Å². The van der Waals surface area contributed by atoms with Gasteiger partial charge in [0.15, 0.2) is 6.17 Å². The standard InChI is InChI=1S/C5H4F6/c6-2-1(5(9,10)11)3(7)4(2)8/h1-4H. The lowest BCUT2D eigenvalue weighted by Gasteiger charge is -2.38. The Morgan fingerprint density at radius 2 is 1.09 bits per heavy atom. The van der Waals surface area contributed by atoms with Crippen molar-refractivity contribution in [1.82, 2.24) is 0 Å². The molecule has 0 nitrogen and oxygen atoms in total. The predicted molar refractivity (Wildman–Crippen MR) is 24.2 cm³/mol. The zero-order chi connectivity index (χ0) is 8.81. The first-order chi connectivity index (χ1) is 4.85. The number of rotatable bonds is 0. The van der Waals surface area contributed by atoms with Gasteiger partial charge in [0.25, 0.3) is 0 Å². The predicted octanol–water partition coefficient (Wildman–Crippen LogP) is 2.19. The molecule has 0 aromatic rings. The van der Waals surface area contributed by atoms with E-state index in [2.05, 4.69) is 0 Å². The van der Waals surface area contributed by atoms with Crippen LogP contribution in [0.1, 0.15) is 0 Å². The topological polar surface area (TPSA) is 0 Å². The van der Waals surface area contributed by atoms with Crippen molar-refractivity contribution in [3.63, 3.8) is 0 Å². The van der Waals surface area contributed by atoms with Crippen LogP contribution in [0.3, 0.4) is 0 Å². The summed E-state index contributed by atoms with van der Waals surface area (Å²) in [5.41, 5.74) is 0. The van der Waals surface area contributed by atoms with Crippen molar-refractivity contribution in [1.29, 1.82) is 0 Å². The van der Waals surface area contributed by atoms with Gasteiger partial charge in [-0.1, -0.05) is 0 Å². The second-order valence-corrected chi connectivity index (χ2v) is 2.40. The van der Waals surface area contributed by atoms with E-state index in [-0.39, 0.29) is 0 Å². The largest absolute Gasteiger partial charge is 0.397 e. The van der Waals surface area contributed by atoms with E-state index in [1.165, 1.54) is 0 Å². The maximum Gasteiger partial charge on any atom is 0.397 e. The van der Waals surface area contributed by atoms with Crippen molar-refractivity contribution in [3.8, 4) is 0 Å². The Kier molecular flexibility index (Phi) is 1.80. The highest BCUT2D eigenvalue weighted by Gasteiger charge is 2.64. The summed E-state index contributed by atoms with van der Waals surface area (Å²) in [7, 11) is 0. The molecule has 0 spiro atoms. The van der Waals surface area contributed by atoms with E-state index in [1.54, 1.807) is 0 Å². The molecule has 0 heterocycles. The fourth-order valence-corrected chi connectivity index (χ4v) is 0.963. The molecule has 1 saturated carbocycles. The van der Waals surface area contributed by atoms with Gasteiger partial charge in [-0.15, -0.1) is 0 Å². The monoisotopic (exact) mass is 178 g/mol. The van der Waals surface area contributed by atoms with Gasteiger partial charge in [0.1, 0.15) is 18.3 Å². The van der Waals surface area contributed by atoms with Crippen LogP contribution in [-0.4, -0.2) is 24.7 Å². The molecular formula is C5H4F6. The van der Waals surface area contributed by atoms with Crippen LogP contribution in [0.15, 0.2) is 0 Å². The molecule has 0 radical (unpaired) electrons. The first-order valence-corrected chi connectivity index (χ1v) is 2.84. The fourth-order valence-electron chi connectivity index (χ4n) is 0.963. The maximum atomic E-state index is 12.0. The molecular weight excluding hydrogens is 174 g/mol. The van der Waals surface area contributed by atoms with Gasteiger partial charge in [-0.05, 0) is 0 Å². The summed E-state index contributed by atoms with van der Waals surface area (Å²) in [5.74, 6) is -2.77. The molecule has 0 aliphatic heterocycles. The van der Waals surface area contributed by atoms with E-state index in [0.29, 0.717) is 0 Å². The van der Waals surface area contributed by atoms with E-state index in [0.717, 1.165) is 0 Å². The highest BCUT2D eigenvalue weighted by atomic mass is 19.4. The first kappa shape index (κ1) is 8.67. The third-order valence-electron chi connectivity index (χ3n) is 1.67. The molecule has 0 saturated heterocycles. The van der Waals surface area contributed by atoms with Crippen LogP contribution in [0.5, 0.6) is 0 Å². The zero-order valence-corrected chi connectivity index (χ0v) is 5.08. The normalized spacial score (nSPS) is 45.3. The van der Waals surface area contributed by atoms with Crippen LogP contribution in [0.4, 0.5) is 26.3 Å². The van der Waals surface area contributed by atoms with Crippen molar-refractivity contribution in [2.24, 2.45) is 5.92 Å². The van der Waals surface area contributed by atoms with Gasteiger partial charge in [0.2, 0.25) is 0 Å². The SMILES string of the molecule is FC1C(F)C(C(F)(F)F)C1F. The lowest BCUT2D eigenvalue weighted by Crippen LogP contribution is -2.59. The molecule has 66 valence electrons. The molecule has 1 aliphatic rings. The molecule has 2 atom stereocenters. The van der Waals surface area contributed by atoms with E-state index in [4.69, 9.17) is 0 Å². The highest BCUT2D eigenvalue weighted by Crippen LogP contribution is 2.46. The lowest BCUT2D eigenvalue weighted by molar-refractivity contribution is -0.260. The van der Waals surface area contributed by atoms with Crippen LogP contribution in [-0.2, 0) is 0 Å². The van der Waals surface area contributed by atoms with E-state index < -0.39 is 30.6 Å². The number of halogens is 6. The Hall–Kier alpha value is -0.420. The molecule has 1 aliphatic carbocycles. The van der Waals surface area contributed by atoms with Crippen LogP contribution < -0.4 is 0 Å². The van der Waals surface area contributed by atoms with Gasteiger partial charge in [0.05, 0.1) is 0 Å².